The lowest BCUT2D eigenvalue weighted by molar-refractivity contribution is 0.0559. The second kappa shape index (κ2) is 5.93. The lowest BCUT2D eigenvalue weighted by Crippen LogP contribution is -2.39. The van der Waals surface area contributed by atoms with E-state index in [0.29, 0.717) is 6.04 Å². The van der Waals surface area contributed by atoms with Gasteiger partial charge in [0.2, 0.25) is 0 Å². The van der Waals surface area contributed by atoms with Crippen LogP contribution in [0.25, 0.3) is 0 Å². The molecule has 0 heterocycles. The van der Waals surface area contributed by atoms with Gasteiger partial charge in [-0.1, -0.05) is 31.0 Å². The minimum atomic E-state index is -0.495. The van der Waals surface area contributed by atoms with Crippen LogP contribution in [0.2, 0.25) is 0 Å². The van der Waals surface area contributed by atoms with Crippen LogP contribution >= 0.6 is 0 Å². The highest BCUT2D eigenvalue weighted by atomic mass is 16.3. The van der Waals surface area contributed by atoms with Crippen LogP contribution in [0.4, 0.5) is 5.69 Å². The number of benzene rings is 1. The molecule has 2 rings (SSSR count). The molecule has 1 aromatic carbocycles. The Labute approximate surface area is 116 Å². The van der Waals surface area contributed by atoms with Gasteiger partial charge in [-0.25, -0.2) is 0 Å². The third-order valence-corrected chi connectivity index (χ3v) is 4.31. The van der Waals surface area contributed by atoms with Gasteiger partial charge in [-0.15, -0.1) is 0 Å². The third kappa shape index (κ3) is 3.28. The van der Waals surface area contributed by atoms with Crippen molar-refractivity contribution in [3.05, 3.63) is 29.8 Å². The molecule has 1 unspecified atom stereocenters. The monoisotopic (exact) mass is 262 g/mol. The molecular weight excluding hydrogens is 236 g/mol. The maximum atomic E-state index is 10.6. The van der Waals surface area contributed by atoms with Gasteiger partial charge in [0, 0.05) is 25.3 Å². The number of nitrogens with one attached hydrogen (secondary N) is 1. The van der Waals surface area contributed by atoms with Crippen LogP contribution in [0, 0.1) is 0 Å². The molecule has 0 saturated heterocycles. The van der Waals surface area contributed by atoms with Crippen LogP contribution in [0.5, 0.6) is 0 Å². The van der Waals surface area contributed by atoms with Crippen molar-refractivity contribution >= 4 is 5.69 Å². The van der Waals surface area contributed by atoms with Gasteiger partial charge >= 0.3 is 0 Å². The van der Waals surface area contributed by atoms with E-state index in [4.69, 9.17) is 0 Å². The Bertz CT molecular complexity index is 413. The molecule has 19 heavy (non-hydrogen) atoms. The van der Waals surface area contributed by atoms with E-state index in [2.05, 4.69) is 48.5 Å². The first-order valence-electron chi connectivity index (χ1n) is 7.25. The summed E-state index contributed by atoms with van der Waals surface area (Å²) in [4.78, 5) is 2.20. The van der Waals surface area contributed by atoms with Crippen LogP contribution in [0.15, 0.2) is 24.3 Å². The number of rotatable bonds is 5. The van der Waals surface area contributed by atoms with Gasteiger partial charge in [0.15, 0.2) is 0 Å². The summed E-state index contributed by atoms with van der Waals surface area (Å²) in [6.07, 6.45) is 4.17. The maximum absolute atomic E-state index is 10.6. The van der Waals surface area contributed by atoms with Crippen molar-refractivity contribution in [2.75, 3.05) is 25.5 Å². The molecule has 0 spiro atoms. The molecule has 1 fully saturated rings. The fourth-order valence-electron chi connectivity index (χ4n) is 3.07. The largest absolute Gasteiger partial charge is 0.388 e. The Morgan fingerprint density at radius 2 is 1.95 bits per heavy atom. The van der Waals surface area contributed by atoms with E-state index in [1.807, 2.05) is 7.05 Å². The van der Waals surface area contributed by atoms with Crippen molar-refractivity contribution in [1.82, 2.24) is 5.32 Å². The summed E-state index contributed by atoms with van der Waals surface area (Å²) in [5, 5.41) is 13.8. The molecule has 106 valence electrons. The van der Waals surface area contributed by atoms with Crippen molar-refractivity contribution in [2.45, 2.75) is 44.2 Å². The molecule has 0 bridgehead atoms. The first-order chi connectivity index (χ1) is 9.06. The fourth-order valence-corrected chi connectivity index (χ4v) is 3.07. The molecule has 0 amide bonds. The minimum Gasteiger partial charge on any atom is -0.388 e. The molecule has 1 aliphatic rings. The van der Waals surface area contributed by atoms with Gasteiger partial charge in [-0.05, 0) is 38.4 Å². The second-order valence-electron chi connectivity index (χ2n) is 5.86. The summed E-state index contributed by atoms with van der Waals surface area (Å²) in [5.74, 6) is 0. The summed E-state index contributed by atoms with van der Waals surface area (Å²) >= 11 is 0. The molecule has 2 N–H and O–H groups in total. The maximum Gasteiger partial charge on any atom is 0.0821 e. The zero-order valence-electron chi connectivity index (χ0n) is 12.3. The number of likely N-dealkylation sites (N-methyl/N-ethyl adjacent to an activating group) is 1. The molecule has 0 radical (unpaired) electrons. The van der Waals surface area contributed by atoms with Gasteiger partial charge in [-0.2, -0.15) is 0 Å². The van der Waals surface area contributed by atoms with E-state index in [1.54, 1.807) is 0 Å². The van der Waals surface area contributed by atoms with Gasteiger partial charge < -0.3 is 15.3 Å². The standard InChI is InChI=1S/C16H26N2O/c1-13(17-2)14-8-4-5-9-15(14)18(3)12-16(19)10-6-7-11-16/h4-5,8-9,13,17,19H,6-7,10-12H2,1-3H3. The summed E-state index contributed by atoms with van der Waals surface area (Å²) in [7, 11) is 4.06. The van der Waals surface area contributed by atoms with E-state index in [0.717, 1.165) is 32.2 Å². The predicted octanol–water partition coefficient (Wildman–Crippen LogP) is 2.71. The molecule has 1 atom stereocenters. The van der Waals surface area contributed by atoms with E-state index in [1.165, 1.54) is 11.3 Å². The Morgan fingerprint density at radius 3 is 2.58 bits per heavy atom. The zero-order chi connectivity index (χ0) is 13.9. The zero-order valence-corrected chi connectivity index (χ0v) is 12.3. The summed E-state index contributed by atoms with van der Waals surface area (Å²) in [6.45, 7) is 2.89. The summed E-state index contributed by atoms with van der Waals surface area (Å²) in [5.41, 5.74) is 2.00. The van der Waals surface area contributed by atoms with E-state index < -0.39 is 5.60 Å². The molecule has 3 heteroatoms. The summed E-state index contributed by atoms with van der Waals surface area (Å²) in [6, 6.07) is 8.76. The van der Waals surface area contributed by atoms with Crippen LogP contribution in [0.1, 0.15) is 44.2 Å². The Kier molecular flexibility index (Phi) is 4.48. The minimum absolute atomic E-state index is 0.317. The smallest absolute Gasteiger partial charge is 0.0821 e. The van der Waals surface area contributed by atoms with Crippen LogP contribution in [0.3, 0.4) is 0 Å². The van der Waals surface area contributed by atoms with Crippen LogP contribution in [-0.4, -0.2) is 31.3 Å². The van der Waals surface area contributed by atoms with Crippen molar-refractivity contribution in [2.24, 2.45) is 0 Å². The number of anilines is 1. The Hall–Kier alpha value is -1.06. The van der Waals surface area contributed by atoms with Crippen molar-refractivity contribution in [3.8, 4) is 0 Å². The molecule has 1 saturated carbocycles. The highest BCUT2D eigenvalue weighted by Gasteiger charge is 2.32. The Balaban J connectivity index is 2.16. The first-order valence-corrected chi connectivity index (χ1v) is 7.25. The van der Waals surface area contributed by atoms with Crippen LogP contribution in [-0.2, 0) is 0 Å². The number of para-hydroxylation sites is 1. The average Bonchev–Trinajstić information content (AvgIpc) is 2.84. The van der Waals surface area contributed by atoms with Gasteiger partial charge in [-0.3, -0.25) is 0 Å². The third-order valence-electron chi connectivity index (χ3n) is 4.31. The van der Waals surface area contributed by atoms with Crippen molar-refractivity contribution in [1.29, 1.82) is 0 Å². The number of nitrogens with zero attached hydrogens (tertiary/aromatic N) is 1. The fraction of sp³-hybridized carbons (Fsp3) is 0.625. The highest BCUT2D eigenvalue weighted by Crippen LogP contribution is 2.33. The molecular formula is C16H26N2O. The lowest BCUT2D eigenvalue weighted by atomic mass is 10.00. The van der Waals surface area contributed by atoms with Gasteiger partial charge in [0.1, 0.15) is 0 Å². The molecule has 0 aliphatic heterocycles. The topological polar surface area (TPSA) is 35.5 Å². The van der Waals surface area contributed by atoms with Crippen molar-refractivity contribution < 1.29 is 5.11 Å². The highest BCUT2D eigenvalue weighted by molar-refractivity contribution is 5.54. The average molecular weight is 262 g/mol. The van der Waals surface area contributed by atoms with E-state index >= 15 is 0 Å². The second-order valence-corrected chi connectivity index (χ2v) is 5.86. The number of aliphatic hydroxyl groups is 1. The predicted molar refractivity (Wildman–Crippen MR) is 80.6 cm³/mol. The first kappa shape index (κ1) is 14.4. The van der Waals surface area contributed by atoms with Gasteiger partial charge in [0.25, 0.3) is 0 Å². The molecule has 1 aliphatic carbocycles. The van der Waals surface area contributed by atoms with Crippen LogP contribution < -0.4 is 10.2 Å². The molecule has 3 nitrogen and oxygen atoms in total. The molecule has 1 aromatic rings. The van der Waals surface area contributed by atoms with Crippen molar-refractivity contribution in [3.63, 3.8) is 0 Å². The van der Waals surface area contributed by atoms with E-state index in [-0.39, 0.29) is 0 Å². The van der Waals surface area contributed by atoms with Gasteiger partial charge in [0.05, 0.1) is 5.60 Å². The number of hydrogen-bond donors (Lipinski definition) is 2. The SMILES string of the molecule is CNC(C)c1ccccc1N(C)CC1(O)CCCC1. The number of hydrogen-bond acceptors (Lipinski definition) is 3. The summed E-state index contributed by atoms with van der Waals surface area (Å²) < 4.78 is 0. The van der Waals surface area contributed by atoms with E-state index in [9.17, 15) is 5.11 Å². The lowest BCUT2D eigenvalue weighted by Gasteiger charge is -2.32. The Morgan fingerprint density at radius 1 is 1.32 bits per heavy atom. The normalized spacial score (nSPS) is 19.4. The molecule has 0 aromatic heterocycles. The quantitative estimate of drug-likeness (QED) is 0.856.